The molecule has 2 aromatic heterocycles. The van der Waals surface area contributed by atoms with E-state index < -0.39 is 5.97 Å². The summed E-state index contributed by atoms with van der Waals surface area (Å²) in [4.78, 5) is 28.6. The molecule has 1 amide bonds. The van der Waals surface area contributed by atoms with Gasteiger partial charge in [0.25, 0.3) is 0 Å². The van der Waals surface area contributed by atoms with Crippen molar-refractivity contribution in [1.29, 1.82) is 0 Å². The number of hydrogen-bond donors (Lipinski definition) is 1. The number of benzene rings is 2. The topological polar surface area (TPSA) is 89.3 Å². The van der Waals surface area contributed by atoms with Gasteiger partial charge in [-0.1, -0.05) is 48.2 Å². The van der Waals surface area contributed by atoms with Crippen molar-refractivity contribution in [2.45, 2.75) is 18.6 Å². The van der Waals surface area contributed by atoms with Gasteiger partial charge in [0.1, 0.15) is 10.6 Å². The Balaban J connectivity index is 1.53. The van der Waals surface area contributed by atoms with Gasteiger partial charge in [-0.05, 0) is 36.8 Å². The number of carbonyl (C=O) groups excluding carboxylic acids is 2. The summed E-state index contributed by atoms with van der Waals surface area (Å²) >= 11 is 2.63. The SMILES string of the molecule is C=CCn1c(SCC(=O)Nc2sc(C)c(-c3ccccc3)c2C(=O)OC)nnc1-c1ccc(N(C)C)cc1. The average molecular weight is 548 g/mol. The Morgan fingerprint density at radius 3 is 2.45 bits per heavy atom. The second-order valence-corrected chi connectivity index (χ2v) is 10.7. The van der Waals surface area contributed by atoms with Gasteiger partial charge in [-0.25, -0.2) is 4.79 Å². The van der Waals surface area contributed by atoms with Crippen LogP contribution in [0.15, 0.2) is 72.4 Å². The quantitative estimate of drug-likeness (QED) is 0.154. The molecule has 2 heterocycles. The van der Waals surface area contributed by atoms with Gasteiger partial charge in [0.2, 0.25) is 5.91 Å². The molecule has 2 aromatic carbocycles. The van der Waals surface area contributed by atoms with Crippen LogP contribution in [0.2, 0.25) is 0 Å². The van der Waals surface area contributed by atoms with Crippen molar-refractivity contribution in [1.82, 2.24) is 14.8 Å². The van der Waals surface area contributed by atoms with Gasteiger partial charge >= 0.3 is 5.97 Å². The van der Waals surface area contributed by atoms with Gasteiger partial charge in [0.05, 0.1) is 12.9 Å². The van der Waals surface area contributed by atoms with Crippen molar-refractivity contribution in [3.63, 3.8) is 0 Å². The zero-order valence-electron chi connectivity index (χ0n) is 21.7. The minimum atomic E-state index is -0.494. The van der Waals surface area contributed by atoms with Crippen molar-refractivity contribution < 1.29 is 14.3 Å². The maximum absolute atomic E-state index is 13.0. The molecule has 8 nitrogen and oxygen atoms in total. The highest BCUT2D eigenvalue weighted by molar-refractivity contribution is 7.99. The van der Waals surface area contributed by atoms with Crippen LogP contribution in [0.4, 0.5) is 10.7 Å². The van der Waals surface area contributed by atoms with E-state index in [0.717, 1.165) is 27.3 Å². The summed E-state index contributed by atoms with van der Waals surface area (Å²) in [5.41, 5.74) is 4.02. The van der Waals surface area contributed by atoms with Crippen LogP contribution in [0.5, 0.6) is 0 Å². The predicted molar refractivity (Wildman–Crippen MR) is 155 cm³/mol. The van der Waals surface area contributed by atoms with E-state index >= 15 is 0 Å². The lowest BCUT2D eigenvalue weighted by atomic mass is 10.0. The smallest absolute Gasteiger partial charge is 0.341 e. The number of aromatic nitrogens is 3. The number of ether oxygens (including phenoxy) is 1. The van der Waals surface area contributed by atoms with Gasteiger partial charge in [0, 0.05) is 42.3 Å². The highest BCUT2D eigenvalue weighted by Crippen LogP contribution is 2.40. The Kier molecular flexibility index (Phi) is 8.65. The molecule has 0 unspecified atom stereocenters. The van der Waals surface area contributed by atoms with E-state index in [9.17, 15) is 9.59 Å². The van der Waals surface area contributed by atoms with Crippen LogP contribution in [0.1, 0.15) is 15.2 Å². The number of thioether (sulfide) groups is 1. The maximum Gasteiger partial charge on any atom is 0.341 e. The molecule has 0 fully saturated rings. The zero-order chi connectivity index (χ0) is 27.2. The average Bonchev–Trinajstić information content (AvgIpc) is 3.47. The molecular formula is C28H29N5O3S2. The molecule has 38 heavy (non-hydrogen) atoms. The number of anilines is 2. The van der Waals surface area contributed by atoms with Crippen LogP contribution in [0.25, 0.3) is 22.5 Å². The Morgan fingerprint density at radius 2 is 1.82 bits per heavy atom. The van der Waals surface area contributed by atoms with Crippen LogP contribution in [0.3, 0.4) is 0 Å². The number of esters is 1. The Hall–Kier alpha value is -3.89. The number of nitrogens with one attached hydrogen (secondary N) is 1. The molecule has 0 bridgehead atoms. The number of amides is 1. The van der Waals surface area contributed by atoms with Crippen molar-refractivity contribution in [2.24, 2.45) is 0 Å². The minimum Gasteiger partial charge on any atom is -0.465 e. The first-order valence-electron chi connectivity index (χ1n) is 11.9. The second-order valence-electron chi connectivity index (χ2n) is 8.58. The minimum absolute atomic E-state index is 0.0904. The third-order valence-electron chi connectivity index (χ3n) is 5.79. The number of carbonyl (C=O) groups is 2. The van der Waals surface area contributed by atoms with E-state index in [1.54, 1.807) is 6.08 Å². The molecule has 10 heteroatoms. The summed E-state index contributed by atoms with van der Waals surface area (Å²) in [6.45, 7) is 6.28. The summed E-state index contributed by atoms with van der Waals surface area (Å²) in [6, 6.07) is 17.6. The number of nitrogens with zero attached hydrogens (tertiary/aromatic N) is 4. The van der Waals surface area contributed by atoms with Crippen molar-refractivity contribution in [2.75, 3.05) is 37.2 Å². The summed E-state index contributed by atoms with van der Waals surface area (Å²) in [7, 11) is 5.32. The van der Waals surface area contributed by atoms with Gasteiger partial charge in [-0.3, -0.25) is 9.36 Å². The predicted octanol–water partition coefficient (Wildman–Crippen LogP) is 5.75. The van der Waals surface area contributed by atoms with Crippen molar-refractivity contribution >= 4 is 45.7 Å². The molecule has 0 aliphatic heterocycles. The normalized spacial score (nSPS) is 10.7. The number of allylic oxidation sites excluding steroid dienone is 1. The first-order valence-corrected chi connectivity index (χ1v) is 13.7. The molecule has 0 radical (unpaired) electrons. The molecule has 4 aromatic rings. The Bertz CT molecular complexity index is 1440. The Labute approximate surface area is 230 Å². The maximum atomic E-state index is 13.0. The van der Waals surface area contributed by atoms with E-state index in [1.807, 2.05) is 85.1 Å². The molecule has 0 atom stereocenters. The largest absolute Gasteiger partial charge is 0.465 e. The lowest BCUT2D eigenvalue weighted by molar-refractivity contribution is -0.113. The summed E-state index contributed by atoms with van der Waals surface area (Å²) in [5, 5.41) is 12.7. The lowest BCUT2D eigenvalue weighted by Crippen LogP contribution is -2.16. The third kappa shape index (κ3) is 5.81. The number of methoxy groups -OCH3 is 1. The van der Waals surface area contributed by atoms with E-state index in [-0.39, 0.29) is 11.7 Å². The summed E-state index contributed by atoms with van der Waals surface area (Å²) in [6.07, 6.45) is 1.77. The molecule has 196 valence electrons. The fourth-order valence-electron chi connectivity index (χ4n) is 3.99. The fraction of sp³-hybridized carbons (Fsp3) is 0.214. The number of thiophene rings is 1. The van der Waals surface area contributed by atoms with Crippen LogP contribution >= 0.6 is 23.1 Å². The summed E-state index contributed by atoms with van der Waals surface area (Å²) < 4.78 is 6.98. The Morgan fingerprint density at radius 1 is 1.11 bits per heavy atom. The van der Waals surface area contributed by atoms with E-state index in [4.69, 9.17) is 4.74 Å². The van der Waals surface area contributed by atoms with Crippen LogP contribution in [-0.2, 0) is 16.1 Å². The fourth-order valence-corrected chi connectivity index (χ4v) is 5.81. The first kappa shape index (κ1) is 27.2. The monoisotopic (exact) mass is 547 g/mol. The number of rotatable bonds is 10. The molecule has 0 aliphatic rings. The van der Waals surface area contributed by atoms with Crippen LogP contribution in [-0.4, -0.2) is 53.6 Å². The van der Waals surface area contributed by atoms with Gasteiger partial charge in [-0.15, -0.1) is 28.1 Å². The van der Waals surface area contributed by atoms with Gasteiger partial charge in [-0.2, -0.15) is 0 Å². The van der Waals surface area contributed by atoms with Crippen molar-refractivity contribution in [3.05, 3.63) is 77.7 Å². The van der Waals surface area contributed by atoms with Crippen molar-refractivity contribution in [3.8, 4) is 22.5 Å². The third-order valence-corrected chi connectivity index (χ3v) is 7.78. The molecule has 0 saturated heterocycles. The summed E-state index contributed by atoms with van der Waals surface area (Å²) in [5.74, 6) is 0.0397. The molecule has 1 N–H and O–H groups in total. The van der Waals surface area contributed by atoms with Crippen LogP contribution < -0.4 is 10.2 Å². The van der Waals surface area contributed by atoms with E-state index in [2.05, 4.69) is 22.1 Å². The zero-order valence-corrected chi connectivity index (χ0v) is 23.4. The molecule has 0 spiro atoms. The van der Waals surface area contributed by atoms with Crippen LogP contribution in [0, 0.1) is 6.92 Å². The molecular weight excluding hydrogens is 518 g/mol. The number of hydrogen-bond acceptors (Lipinski definition) is 8. The van der Waals surface area contributed by atoms with E-state index in [0.29, 0.717) is 28.1 Å². The standard InChI is InChI=1S/C28H29N5O3S2/c1-6-16-33-25(20-12-14-21(15-13-20)32(3)4)30-31-28(33)37-17-22(34)29-26-24(27(35)36-5)23(18(2)38-26)19-10-8-7-9-11-19/h6-15H,1,16-17H2,2-5H3,(H,29,34). The highest BCUT2D eigenvalue weighted by Gasteiger charge is 2.25. The first-order chi connectivity index (χ1) is 18.3. The molecule has 0 aliphatic carbocycles. The second kappa shape index (κ2) is 12.1. The van der Waals surface area contributed by atoms with Gasteiger partial charge in [0.15, 0.2) is 11.0 Å². The van der Waals surface area contributed by atoms with E-state index in [1.165, 1.54) is 30.2 Å². The lowest BCUT2D eigenvalue weighted by Gasteiger charge is -2.13. The molecule has 4 rings (SSSR count). The van der Waals surface area contributed by atoms with Gasteiger partial charge < -0.3 is 15.0 Å². The molecule has 0 saturated carbocycles. The number of aryl methyl sites for hydroxylation is 1. The highest BCUT2D eigenvalue weighted by atomic mass is 32.2.